The number of halogens is 4. The summed E-state index contributed by atoms with van der Waals surface area (Å²) in [6.45, 7) is 5.25. The summed E-state index contributed by atoms with van der Waals surface area (Å²) in [6, 6.07) is 6.10. The van der Waals surface area contributed by atoms with Gasteiger partial charge in [-0.2, -0.15) is 13.2 Å². The second kappa shape index (κ2) is 8.20. The lowest BCUT2D eigenvalue weighted by atomic mass is 10.2. The molecule has 0 amide bonds. The van der Waals surface area contributed by atoms with Gasteiger partial charge in [0.05, 0.1) is 15.5 Å². The molecule has 0 aliphatic rings. The van der Waals surface area contributed by atoms with Gasteiger partial charge >= 0.3 is 11.9 Å². The maximum absolute atomic E-state index is 12.7. The van der Waals surface area contributed by atoms with Crippen molar-refractivity contribution >= 4 is 28.5 Å². The van der Waals surface area contributed by atoms with E-state index in [0.29, 0.717) is 11.6 Å². The van der Waals surface area contributed by atoms with E-state index in [1.54, 1.807) is 6.92 Å². The summed E-state index contributed by atoms with van der Waals surface area (Å²) in [7, 11) is 0. The van der Waals surface area contributed by atoms with Crippen LogP contribution in [0.4, 0.5) is 18.9 Å². The van der Waals surface area contributed by atoms with Gasteiger partial charge in [0.1, 0.15) is 17.3 Å². The normalized spacial score (nSPS) is 12.5. The fourth-order valence-corrected chi connectivity index (χ4v) is 3.53. The molecule has 0 saturated carbocycles. The molecule has 0 aromatic heterocycles. The highest BCUT2D eigenvalue weighted by Gasteiger charge is 2.31. The third-order valence-electron chi connectivity index (χ3n) is 3.24. The zero-order valence-corrected chi connectivity index (χ0v) is 15.5. The van der Waals surface area contributed by atoms with E-state index in [0.717, 1.165) is 18.2 Å². The first kappa shape index (κ1) is 21.1. The number of hydrogen-bond donors (Lipinski definition) is 0. The van der Waals surface area contributed by atoms with Gasteiger partial charge in [0.25, 0.3) is 0 Å². The van der Waals surface area contributed by atoms with Crippen molar-refractivity contribution in [2.24, 2.45) is 0 Å². The molecule has 10 heteroatoms. The molecule has 0 heterocycles. The maximum Gasteiger partial charge on any atom is 0.416 e. The van der Waals surface area contributed by atoms with E-state index in [4.69, 9.17) is 16.3 Å². The number of ether oxygens (including phenoxy) is 1. The van der Waals surface area contributed by atoms with E-state index < -0.39 is 27.8 Å². The van der Waals surface area contributed by atoms with Crippen LogP contribution in [0.3, 0.4) is 0 Å². The summed E-state index contributed by atoms with van der Waals surface area (Å²) < 4.78 is 55.8. The van der Waals surface area contributed by atoms with Crippen molar-refractivity contribution in [2.45, 2.75) is 18.0 Å². The largest absolute Gasteiger partial charge is 0.611 e. The van der Waals surface area contributed by atoms with Crippen LogP contribution < -0.4 is 4.74 Å². The molecule has 144 valence electrons. The highest BCUT2D eigenvalue weighted by Crippen LogP contribution is 2.38. The topological polar surface area (TPSA) is 75.4 Å². The zero-order chi connectivity index (χ0) is 20.4. The molecule has 0 spiro atoms. The van der Waals surface area contributed by atoms with Gasteiger partial charge in [0.2, 0.25) is 4.90 Å². The fourth-order valence-electron chi connectivity index (χ4n) is 2.08. The smallest absolute Gasteiger partial charge is 0.416 e. The van der Waals surface area contributed by atoms with Crippen molar-refractivity contribution in [1.29, 1.82) is 0 Å². The van der Waals surface area contributed by atoms with Crippen molar-refractivity contribution in [3.05, 3.63) is 69.3 Å². The Bertz CT molecular complexity index is 889. The molecule has 2 aromatic rings. The van der Waals surface area contributed by atoms with E-state index in [9.17, 15) is 27.8 Å². The molecule has 27 heavy (non-hydrogen) atoms. The lowest BCUT2D eigenvalue weighted by Gasteiger charge is -2.13. The minimum Gasteiger partial charge on any atom is -0.611 e. The molecule has 1 atom stereocenters. The maximum atomic E-state index is 12.7. The van der Waals surface area contributed by atoms with E-state index in [1.807, 2.05) is 0 Å². The molecule has 1 unspecified atom stereocenters. The number of nitro benzene ring substituents is 1. The van der Waals surface area contributed by atoms with Crippen LogP contribution in [0.15, 0.2) is 53.4 Å². The van der Waals surface area contributed by atoms with Crippen LogP contribution in [0.25, 0.3) is 0 Å². The summed E-state index contributed by atoms with van der Waals surface area (Å²) in [5, 5.41) is 10.9. The Labute approximate surface area is 160 Å². The third kappa shape index (κ3) is 5.38. The second-order valence-electron chi connectivity index (χ2n) is 5.58. The predicted molar refractivity (Wildman–Crippen MR) is 95.7 cm³/mol. The van der Waals surface area contributed by atoms with Crippen molar-refractivity contribution in [2.75, 3.05) is 5.75 Å². The Morgan fingerprint density at radius 1 is 1.30 bits per heavy atom. The quantitative estimate of drug-likeness (QED) is 0.259. The minimum absolute atomic E-state index is 0.0192. The molecule has 0 saturated heterocycles. The van der Waals surface area contributed by atoms with Crippen molar-refractivity contribution in [1.82, 2.24) is 0 Å². The molecule has 0 radical (unpaired) electrons. The van der Waals surface area contributed by atoms with Crippen LogP contribution in [0.1, 0.15) is 12.5 Å². The Morgan fingerprint density at radius 3 is 2.48 bits per heavy atom. The molecule has 5 nitrogen and oxygen atoms in total. The molecule has 0 aliphatic carbocycles. The summed E-state index contributed by atoms with van der Waals surface area (Å²) in [5.41, 5.74) is -0.730. The van der Waals surface area contributed by atoms with Crippen molar-refractivity contribution < 1.29 is 27.4 Å². The Hall–Kier alpha value is -2.23. The van der Waals surface area contributed by atoms with Gasteiger partial charge in [-0.05, 0) is 47.9 Å². The average molecular weight is 420 g/mol. The Morgan fingerprint density at radius 2 is 1.96 bits per heavy atom. The fraction of sp³-hybridized carbons (Fsp3) is 0.176. The molecular weight excluding hydrogens is 407 g/mol. The van der Waals surface area contributed by atoms with Gasteiger partial charge in [-0.25, -0.2) is 0 Å². The van der Waals surface area contributed by atoms with E-state index in [1.165, 1.54) is 12.1 Å². The van der Waals surface area contributed by atoms with Gasteiger partial charge in [0.15, 0.2) is 0 Å². The van der Waals surface area contributed by atoms with Crippen molar-refractivity contribution in [3.8, 4) is 11.5 Å². The number of hydrogen-bond acceptors (Lipinski definition) is 4. The molecular formula is C17H13ClF3NO4S. The second-order valence-corrected chi connectivity index (χ2v) is 7.41. The summed E-state index contributed by atoms with van der Waals surface area (Å²) in [4.78, 5) is 10.4. The van der Waals surface area contributed by atoms with Gasteiger partial charge in [0, 0.05) is 12.1 Å². The lowest BCUT2D eigenvalue weighted by molar-refractivity contribution is -0.387. The Balaban J connectivity index is 2.37. The average Bonchev–Trinajstić information content (AvgIpc) is 2.54. The summed E-state index contributed by atoms with van der Waals surface area (Å²) >= 11 is 4.10. The van der Waals surface area contributed by atoms with E-state index >= 15 is 0 Å². The van der Waals surface area contributed by atoms with Crippen LogP contribution in [0.5, 0.6) is 11.5 Å². The van der Waals surface area contributed by atoms with Gasteiger partial charge in [-0.1, -0.05) is 18.2 Å². The standard InChI is InChI=1S/C17H13ClF3NO4S/c1-10(2)9-27(25)16-8-12(4-5-14(16)22(23)24)26-15-6-3-11(7-13(15)18)17(19,20)21/h3-8H,1,9H2,2H3. The first-order chi connectivity index (χ1) is 12.5. The third-order valence-corrected chi connectivity index (χ3v) is 5.11. The molecule has 0 fully saturated rings. The lowest BCUT2D eigenvalue weighted by Crippen LogP contribution is -2.10. The first-order valence-electron chi connectivity index (χ1n) is 7.35. The summed E-state index contributed by atoms with van der Waals surface area (Å²) in [6.07, 6.45) is -4.55. The van der Waals surface area contributed by atoms with E-state index in [2.05, 4.69) is 6.58 Å². The molecule has 0 N–H and O–H groups in total. The predicted octanol–water partition coefficient (Wildman–Crippen LogP) is 5.74. The van der Waals surface area contributed by atoms with Gasteiger partial charge in [-0.3, -0.25) is 10.1 Å². The summed E-state index contributed by atoms with van der Waals surface area (Å²) in [5.74, 6) is -0.00631. The van der Waals surface area contributed by atoms with Crippen LogP contribution in [0.2, 0.25) is 5.02 Å². The number of rotatable bonds is 6. The van der Waals surface area contributed by atoms with Crippen molar-refractivity contribution in [3.63, 3.8) is 0 Å². The van der Waals surface area contributed by atoms with Crippen LogP contribution in [-0.4, -0.2) is 15.2 Å². The van der Waals surface area contributed by atoms with E-state index in [-0.39, 0.29) is 32.9 Å². The first-order valence-corrected chi connectivity index (χ1v) is 9.04. The van der Waals surface area contributed by atoms with Gasteiger partial charge in [-0.15, -0.1) is 0 Å². The molecule has 2 rings (SSSR count). The monoisotopic (exact) mass is 419 g/mol. The highest BCUT2D eigenvalue weighted by molar-refractivity contribution is 7.91. The van der Waals surface area contributed by atoms with Crippen LogP contribution >= 0.6 is 11.6 Å². The Kier molecular flexibility index (Phi) is 6.40. The van der Waals surface area contributed by atoms with Crippen LogP contribution in [-0.2, 0) is 17.4 Å². The SMILES string of the molecule is C=C(C)C[S+]([O-])c1cc(Oc2ccc(C(F)(F)F)cc2Cl)ccc1[N+](=O)[O-]. The molecule has 2 aromatic carbocycles. The van der Waals surface area contributed by atoms with Crippen LogP contribution in [0, 0.1) is 10.1 Å². The number of nitro groups is 1. The number of alkyl halides is 3. The molecule has 0 bridgehead atoms. The molecule has 0 aliphatic heterocycles. The van der Waals surface area contributed by atoms with Gasteiger partial charge < -0.3 is 9.29 Å². The number of benzene rings is 2. The number of nitrogens with zero attached hydrogens (tertiary/aromatic N) is 1. The zero-order valence-electron chi connectivity index (χ0n) is 13.9. The minimum atomic E-state index is -4.55. The highest BCUT2D eigenvalue weighted by atomic mass is 35.5.